The fraction of sp³-hybridized carbons (Fsp3) is 0.625. The summed E-state index contributed by atoms with van der Waals surface area (Å²) in [6, 6.07) is 4.22. The summed E-state index contributed by atoms with van der Waals surface area (Å²) < 4.78 is 0. The van der Waals surface area contributed by atoms with Gasteiger partial charge in [0.2, 0.25) is 0 Å². The number of aromatic nitrogens is 1. The van der Waals surface area contributed by atoms with Crippen LogP contribution in [0.1, 0.15) is 23.2 Å². The highest BCUT2D eigenvalue weighted by atomic mass is 32.2. The highest BCUT2D eigenvalue weighted by Crippen LogP contribution is 2.16. The van der Waals surface area contributed by atoms with Gasteiger partial charge in [0.15, 0.2) is 0 Å². The molecule has 122 valence electrons. The van der Waals surface area contributed by atoms with Gasteiger partial charge in [0.25, 0.3) is 5.91 Å². The Labute approximate surface area is 137 Å². The Morgan fingerprint density at radius 1 is 1.41 bits per heavy atom. The number of hydrogen-bond donors (Lipinski definition) is 1. The molecule has 1 aromatic heterocycles. The van der Waals surface area contributed by atoms with Gasteiger partial charge in [0.05, 0.1) is 5.56 Å². The molecule has 0 bridgehead atoms. The predicted molar refractivity (Wildman–Crippen MR) is 93.7 cm³/mol. The number of thioether (sulfide) groups is 1. The van der Waals surface area contributed by atoms with Crippen LogP contribution in [-0.2, 0) is 0 Å². The Morgan fingerprint density at radius 2 is 2.14 bits per heavy atom. The zero-order valence-corrected chi connectivity index (χ0v) is 14.5. The zero-order valence-electron chi connectivity index (χ0n) is 13.7. The molecule has 0 spiro atoms. The molecule has 5 nitrogen and oxygen atoms in total. The number of pyridine rings is 1. The van der Waals surface area contributed by atoms with E-state index in [-0.39, 0.29) is 5.91 Å². The van der Waals surface area contributed by atoms with Crippen molar-refractivity contribution in [1.82, 2.24) is 14.8 Å². The number of likely N-dealkylation sites (tertiary alicyclic amines) is 1. The molecule has 2 rings (SSSR count). The second kappa shape index (κ2) is 8.39. The molecular formula is C16H26N4OS. The number of nitrogens with one attached hydrogen (secondary N) is 1. The van der Waals surface area contributed by atoms with Crippen LogP contribution in [0.2, 0.25) is 0 Å². The Morgan fingerprint density at radius 3 is 2.68 bits per heavy atom. The number of piperidine rings is 1. The molecule has 1 fully saturated rings. The van der Waals surface area contributed by atoms with Crippen molar-refractivity contribution in [3.8, 4) is 0 Å². The summed E-state index contributed by atoms with van der Waals surface area (Å²) in [6.45, 7) is 3.48. The molecular weight excluding hydrogens is 296 g/mol. The van der Waals surface area contributed by atoms with Crippen molar-refractivity contribution in [2.45, 2.75) is 18.9 Å². The van der Waals surface area contributed by atoms with E-state index in [1.807, 2.05) is 23.9 Å². The van der Waals surface area contributed by atoms with Crippen LogP contribution in [0.5, 0.6) is 0 Å². The van der Waals surface area contributed by atoms with E-state index in [0.29, 0.717) is 11.6 Å². The molecule has 0 aromatic carbocycles. The fourth-order valence-corrected chi connectivity index (χ4v) is 3.04. The van der Waals surface area contributed by atoms with E-state index in [1.54, 1.807) is 25.2 Å². The maximum Gasteiger partial charge on any atom is 0.254 e. The Bertz CT molecular complexity index is 470. The number of hydrogen-bond acceptors (Lipinski definition) is 5. The van der Waals surface area contributed by atoms with E-state index < -0.39 is 0 Å². The summed E-state index contributed by atoms with van der Waals surface area (Å²) in [6.07, 6.45) is 6.10. The van der Waals surface area contributed by atoms with Gasteiger partial charge in [-0.15, -0.1) is 0 Å². The quantitative estimate of drug-likeness (QED) is 0.868. The summed E-state index contributed by atoms with van der Waals surface area (Å²) >= 11 is 1.91. The third kappa shape index (κ3) is 4.88. The molecule has 0 saturated carbocycles. The van der Waals surface area contributed by atoms with Gasteiger partial charge < -0.3 is 15.1 Å². The predicted octanol–water partition coefficient (Wildman–Crippen LogP) is 2.02. The first kappa shape index (κ1) is 17.1. The third-order valence-electron chi connectivity index (χ3n) is 3.97. The smallest absolute Gasteiger partial charge is 0.254 e. The summed E-state index contributed by atoms with van der Waals surface area (Å²) in [5, 5.41) is 3.48. The largest absolute Gasteiger partial charge is 0.367 e. The van der Waals surface area contributed by atoms with Gasteiger partial charge >= 0.3 is 0 Å². The van der Waals surface area contributed by atoms with Gasteiger partial charge in [-0.1, -0.05) is 0 Å². The summed E-state index contributed by atoms with van der Waals surface area (Å²) in [5.74, 6) is 2.06. The van der Waals surface area contributed by atoms with Gasteiger partial charge in [-0.05, 0) is 31.2 Å². The lowest BCUT2D eigenvalue weighted by atomic mass is 10.1. The monoisotopic (exact) mass is 322 g/mol. The molecule has 1 aliphatic heterocycles. The minimum absolute atomic E-state index is 0.0128. The van der Waals surface area contributed by atoms with Crippen LogP contribution in [0.4, 0.5) is 5.82 Å². The minimum atomic E-state index is -0.0128. The maximum atomic E-state index is 11.8. The van der Waals surface area contributed by atoms with Crippen LogP contribution in [0.15, 0.2) is 18.3 Å². The molecule has 1 saturated heterocycles. The van der Waals surface area contributed by atoms with Crippen LogP contribution in [0.25, 0.3) is 0 Å². The van der Waals surface area contributed by atoms with E-state index >= 15 is 0 Å². The molecule has 0 aliphatic carbocycles. The van der Waals surface area contributed by atoms with Crippen molar-refractivity contribution in [1.29, 1.82) is 0 Å². The van der Waals surface area contributed by atoms with Gasteiger partial charge in [0.1, 0.15) is 5.82 Å². The first-order valence-electron chi connectivity index (χ1n) is 7.75. The SMILES string of the molecule is CSCCN1CCC(Nc2ccc(C(=O)N(C)C)cn2)CC1. The summed E-state index contributed by atoms with van der Waals surface area (Å²) in [4.78, 5) is 20.3. The van der Waals surface area contributed by atoms with E-state index in [2.05, 4.69) is 21.5 Å². The van der Waals surface area contributed by atoms with Crippen molar-refractivity contribution in [2.24, 2.45) is 0 Å². The highest BCUT2D eigenvalue weighted by Gasteiger charge is 2.19. The number of amides is 1. The summed E-state index contributed by atoms with van der Waals surface area (Å²) in [7, 11) is 3.50. The molecule has 1 N–H and O–H groups in total. The second-order valence-corrected chi connectivity index (χ2v) is 6.87. The second-order valence-electron chi connectivity index (χ2n) is 5.88. The van der Waals surface area contributed by atoms with E-state index in [0.717, 1.165) is 31.7 Å². The molecule has 0 atom stereocenters. The number of nitrogens with zero attached hydrogens (tertiary/aromatic N) is 3. The Hall–Kier alpha value is -1.27. The van der Waals surface area contributed by atoms with Crippen molar-refractivity contribution >= 4 is 23.5 Å². The van der Waals surface area contributed by atoms with Crippen molar-refractivity contribution in [3.05, 3.63) is 23.9 Å². The van der Waals surface area contributed by atoms with Crippen LogP contribution < -0.4 is 5.32 Å². The Balaban J connectivity index is 1.81. The van der Waals surface area contributed by atoms with Gasteiger partial charge in [-0.25, -0.2) is 4.98 Å². The molecule has 1 aliphatic rings. The van der Waals surface area contributed by atoms with Gasteiger partial charge in [-0.2, -0.15) is 11.8 Å². The normalized spacial score (nSPS) is 16.5. The van der Waals surface area contributed by atoms with Crippen molar-refractivity contribution in [2.75, 3.05) is 51.1 Å². The van der Waals surface area contributed by atoms with Crippen LogP contribution >= 0.6 is 11.8 Å². The van der Waals surface area contributed by atoms with E-state index in [1.165, 1.54) is 12.3 Å². The molecule has 2 heterocycles. The zero-order chi connectivity index (χ0) is 15.9. The standard InChI is InChI=1S/C16H26N4OS/c1-19(2)16(21)13-4-5-15(17-12-13)18-14-6-8-20(9-7-14)10-11-22-3/h4-5,12,14H,6-11H2,1-3H3,(H,17,18). The molecule has 6 heteroatoms. The first-order valence-corrected chi connectivity index (χ1v) is 9.15. The maximum absolute atomic E-state index is 11.8. The average Bonchev–Trinajstić information content (AvgIpc) is 2.54. The molecule has 22 heavy (non-hydrogen) atoms. The topological polar surface area (TPSA) is 48.5 Å². The Kier molecular flexibility index (Phi) is 6.51. The lowest BCUT2D eigenvalue weighted by Crippen LogP contribution is -2.40. The van der Waals surface area contributed by atoms with Gasteiger partial charge in [-0.3, -0.25) is 4.79 Å². The van der Waals surface area contributed by atoms with E-state index in [4.69, 9.17) is 0 Å². The first-order chi connectivity index (χ1) is 10.6. The highest BCUT2D eigenvalue weighted by molar-refractivity contribution is 7.98. The lowest BCUT2D eigenvalue weighted by Gasteiger charge is -2.32. The van der Waals surface area contributed by atoms with Gasteiger partial charge in [0, 0.05) is 51.7 Å². The number of rotatable bonds is 6. The van der Waals surface area contributed by atoms with Crippen LogP contribution in [0, 0.1) is 0 Å². The molecule has 1 amide bonds. The number of anilines is 1. The van der Waals surface area contributed by atoms with E-state index in [9.17, 15) is 4.79 Å². The molecule has 0 radical (unpaired) electrons. The minimum Gasteiger partial charge on any atom is -0.367 e. The number of carbonyl (C=O) groups excluding carboxylic acids is 1. The lowest BCUT2D eigenvalue weighted by molar-refractivity contribution is 0.0827. The third-order valence-corrected chi connectivity index (χ3v) is 4.56. The molecule has 0 unspecified atom stereocenters. The summed E-state index contributed by atoms with van der Waals surface area (Å²) in [5.41, 5.74) is 0.627. The van der Waals surface area contributed by atoms with Crippen LogP contribution in [0.3, 0.4) is 0 Å². The fourth-order valence-electron chi connectivity index (χ4n) is 2.59. The average molecular weight is 322 g/mol. The van der Waals surface area contributed by atoms with Crippen LogP contribution in [-0.4, -0.2) is 72.5 Å². The number of carbonyl (C=O) groups is 1. The van der Waals surface area contributed by atoms with Crippen molar-refractivity contribution in [3.63, 3.8) is 0 Å². The van der Waals surface area contributed by atoms with Crippen molar-refractivity contribution < 1.29 is 4.79 Å². The molecule has 1 aromatic rings.